The minimum absolute atomic E-state index is 0.0586. The Balaban J connectivity index is 1.87. The smallest absolute Gasteiger partial charge is 0.337 e. The molecule has 2 aromatic carbocycles. The van der Waals surface area contributed by atoms with Crippen LogP contribution >= 0.6 is 11.8 Å². The second-order valence-corrected chi connectivity index (χ2v) is 5.90. The highest BCUT2D eigenvalue weighted by atomic mass is 32.2. The molecule has 7 heteroatoms. The van der Waals surface area contributed by atoms with Gasteiger partial charge in [-0.3, -0.25) is 4.79 Å². The number of carbonyl (C=O) groups is 2. The number of amidine groups is 1. The Morgan fingerprint density at radius 3 is 2.58 bits per heavy atom. The zero-order valence-corrected chi connectivity index (χ0v) is 13.0. The van der Waals surface area contributed by atoms with Crippen molar-refractivity contribution in [3.8, 4) is 5.75 Å². The molecule has 0 saturated carbocycles. The summed E-state index contributed by atoms with van der Waals surface area (Å²) in [5.74, 6) is -1.51. The van der Waals surface area contributed by atoms with Crippen molar-refractivity contribution in [2.75, 3.05) is 0 Å². The van der Waals surface area contributed by atoms with E-state index in [1.807, 2.05) is 0 Å². The Morgan fingerprint density at radius 2 is 1.88 bits per heavy atom. The summed E-state index contributed by atoms with van der Waals surface area (Å²) in [5.41, 5.74) is 1.05. The largest absolute Gasteiger partial charge is 0.872 e. The first-order chi connectivity index (χ1) is 11.5. The van der Waals surface area contributed by atoms with Gasteiger partial charge in [0.2, 0.25) is 0 Å². The highest BCUT2D eigenvalue weighted by Crippen LogP contribution is 2.29. The molecule has 6 nitrogen and oxygen atoms in total. The minimum Gasteiger partial charge on any atom is -0.872 e. The van der Waals surface area contributed by atoms with Crippen LogP contribution in [0, 0.1) is 0 Å². The second-order valence-electron chi connectivity index (χ2n) is 4.87. The van der Waals surface area contributed by atoms with Crippen molar-refractivity contribution in [2.24, 2.45) is 4.99 Å². The van der Waals surface area contributed by atoms with Gasteiger partial charge in [-0.25, -0.2) is 9.79 Å². The molecule has 1 heterocycles. The number of nitrogens with zero attached hydrogens (tertiary/aromatic N) is 1. The van der Waals surface area contributed by atoms with Crippen LogP contribution in [0.5, 0.6) is 5.75 Å². The Morgan fingerprint density at radius 1 is 1.17 bits per heavy atom. The van der Waals surface area contributed by atoms with Crippen molar-refractivity contribution >= 4 is 40.6 Å². The Kier molecular flexibility index (Phi) is 4.35. The quantitative estimate of drug-likeness (QED) is 0.836. The molecule has 0 radical (unpaired) electrons. The fraction of sp³-hybridized carbons (Fsp3) is 0. The molecule has 0 bridgehead atoms. The van der Waals surface area contributed by atoms with Crippen LogP contribution < -0.4 is 10.4 Å². The summed E-state index contributed by atoms with van der Waals surface area (Å²) in [6.07, 6.45) is 1.64. The number of carboxylic acids is 1. The van der Waals surface area contributed by atoms with Crippen molar-refractivity contribution in [2.45, 2.75) is 0 Å². The standard InChI is InChI=1S/C17H12N2O4S/c20-11-7-5-10(6-8-11)9-14-15(21)19-17(24-14)18-13-4-2-1-3-12(13)16(22)23/h1-9,20H,(H,22,23)(H,18,19,21)/p-1/b14-9-. The Hall–Kier alpha value is -3.06. The molecule has 120 valence electrons. The lowest BCUT2D eigenvalue weighted by Gasteiger charge is -2.03. The Bertz CT molecular complexity index is 872. The maximum absolute atomic E-state index is 12.0. The van der Waals surface area contributed by atoms with Crippen molar-refractivity contribution < 1.29 is 19.8 Å². The van der Waals surface area contributed by atoms with E-state index in [0.717, 1.165) is 17.3 Å². The zero-order valence-electron chi connectivity index (χ0n) is 12.2. The third kappa shape index (κ3) is 3.47. The molecule has 2 N–H and O–H groups in total. The van der Waals surface area contributed by atoms with Gasteiger partial charge in [-0.15, -0.1) is 5.75 Å². The molecule has 0 unspecified atom stereocenters. The van der Waals surface area contributed by atoms with Crippen LogP contribution in [-0.2, 0) is 4.79 Å². The van der Waals surface area contributed by atoms with E-state index in [1.54, 1.807) is 36.4 Å². The summed E-state index contributed by atoms with van der Waals surface area (Å²) in [6.45, 7) is 0. The third-order valence-corrected chi connectivity index (χ3v) is 4.10. The maximum atomic E-state index is 12.0. The molecule has 1 amide bonds. The number of nitrogens with one attached hydrogen (secondary N) is 1. The van der Waals surface area contributed by atoms with E-state index in [2.05, 4.69) is 10.3 Å². The fourth-order valence-corrected chi connectivity index (χ4v) is 2.89. The molecule has 2 aromatic rings. The van der Waals surface area contributed by atoms with E-state index in [0.29, 0.717) is 10.1 Å². The molecule has 0 spiro atoms. The number of thioether (sulfide) groups is 1. The zero-order chi connectivity index (χ0) is 17.1. The van der Waals surface area contributed by atoms with E-state index in [1.165, 1.54) is 18.2 Å². The molecule has 3 rings (SSSR count). The summed E-state index contributed by atoms with van der Waals surface area (Å²) in [5, 5.41) is 23.2. The van der Waals surface area contributed by atoms with Gasteiger partial charge in [0.1, 0.15) is 0 Å². The summed E-state index contributed by atoms with van der Waals surface area (Å²) in [4.78, 5) is 27.8. The van der Waals surface area contributed by atoms with Gasteiger partial charge in [0.25, 0.3) is 5.91 Å². The second kappa shape index (κ2) is 6.59. The van der Waals surface area contributed by atoms with Crippen LogP contribution in [0.3, 0.4) is 0 Å². The first kappa shape index (κ1) is 15.8. The van der Waals surface area contributed by atoms with Gasteiger partial charge in [0.15, 0.2) is 5.17 Å². The monoisotopic (exact) mass is 339 g/mol. The molecule has 1 aliphatic heterocycles. The lowest BCUT2D eigenvalue weighted by Crippen LogP contribution is -2.19. The first-order valence-electron chi connectivity index (χ1n) is 6.92. The predicted octanol–water partition coefficient (Wildman–Crippen LogP) is 2.35. The average molecular weight is 339 g/mol. The summed E-state index contributed by atoms with van der Waals surface area (Å²) >= 11 is 1.11. The highest BCUT2D eigenvalue weighted by molar-refractivity contribution is 8.18. The van der Waals surface area contributed by atoms with Crippen LogP contribution in [0.2, 0.25) is 0 Å². The van der Waals surface area contributed by atoms with Crippen LogP contribution in [-0.4, -0.2) is 22.2 Å². The number of amides is 1. The van der Waals surface area contributed by atoms with Crippen molar-refractivity contribution in [1.29, 1.82) is 0 Å². The van der Waals surface area contributed by atoms with Gasteiger partial charge >= 0.3 is 5.97 Å². The minimum atomic E-state index is -1.09. The van der Waals surface area contributed by atoms with Crippen LogP contribution in [0.25, 0.3) is 6.08 Å². The molecule has 0 atom stereocenters. The van der Waals surface area contributed by atoms with E-state index < -0.39 is 5.97 Å². The van der Waals surface area contributed by atoms with Crippen molar-refractivity contribution in [1.82, 2.24) is 5.32 Å². The van der Waals surface area contributed by atoms with Gasteiger partial charge in [0.05, 0.1) is 16.2 Å². The van der Waals surface area contributed by atoms with Gasteiger partial charge in [-0.1, -0.05) is 36.4 Å². The van der Waals surface area contributed by atoms with E-state index in [-0.39, 0.29) is 22.9 Å². The summed E-state index contributed by atoms with van der Waals surface area (Å²) < 4.78 is 0. The normalized spacial score (nSPS) is 17.2. The molecule has 1 fully saturated rings. The number of hydrogen-bond donors (Lipinski definition) is 2. The third-order valence-electron chi connectivity index (χ3n) is 3.19. The number of hydrogen-bond acceptors (Lipinski definition) is 5. The van der Waals surface area contributed by atoms with Crippen molar-refractivity contribution in [3.05, 3.63) is 64.6 Å². The van der Waals surface area contributed by atoms with Gasteiger partial charge in [0, 0.05) is 0 Å². The molecular formula is C17H11N2O4S-. The van der Waals surface area contributed by atoms with Gasteiger partial charge in [-0.05, 0) is 35.5 Å². The molecule has 1 aliphatic rings. The number of rotatable bonds is 3. The van der Waals surface area contributed by atoms with E-state index in [9.17, 15) is 14.7 Å². The summed E-state index contributed by atoms with van der Waals surface area (Å²) in [6, 6.07) is 12.4. The van der Waals surface area contributed by atoms with E-state index in [4.69, 9.17) is 5.11 Å². The van der Waals surface area contributed by atoms with Crippen molar-refractivity contribution in [3.63, 3.8) is 0 Å². The van der Waals surface area contributed by atoms with Crippen LogP contribution in [0.1, 0.15) is 15.9 Å². The molecule has 24 heavy (non-hydrogen) atoms. The van der Waals surface area contributed by atoms with Crippen LogP contribution in [0.4, 0.5) is 5.69 Å². The Labute approximate surface area is 141 Å². The first-order valence-corrected chi connectivity index (χ1v) is 7.73. The number of benzene rings is 2. The van der Waals surface area contributed by atoms with Crippen LogP contribution in [0.15, 0.2) is 58.4 Å². The average Bonchev–Trinajstić information content (AvgIpc) is 2.89. The molecule has 1 saturated heterocycles. The summed E-state index contributed by atoms with van der Waals surface area (Å²) in [7, 11) is 0. The molecule has 0 aliphatic carbocycles. The topological polar surface area (TPSA) is 102 Å². The number of aromatic carboxylic acids is 1. The SMILES string of the molecule is O=C1NC(=Nc2ccccc2C(=O)O)S/C1=C\c1ccc([O-])cc1. The number of carbonyl (C=O) groups excluding carboxylic acids is 1. The lowest BCUT2D eigenvalue weighted by molar-refractivity contribution is -0.268. The maximum Gasteiger partial charge on any atom is 0.337 e. The predicted molar refractivity (Wildman–Crippen MR) is 90.1 cm³/mol. The molecular weight excluding hydrogens is 328 g/mol. The van der Waals surface area contributed by atoms with Gasteiger partial charge < -0.3 is 15.5 Å². The lowest BCUT2D eigenvalue weighted by atomic mass is 10.2. The van der Waals surface area contributed by atoms with E-state index >= 15 is 0 Å². The highest BCUT2D eigenvalue weighted by Gasteiger charge is 2.24. The molecule has 0 aromatic heterocycles. The van der Waals surface area contributed by atoms with Gasteiger partial charge in [-0.2, -0.15) is 0 Å². The fourth-order valence-electron chi connectivity index (χ4n) is 2.06. The number of aliphatic imine (C=N–C) groups is 1. The number of carboxylic acid groups (broad SMARTS) is 1. The number of para-hydroxylation sites is 1.